The summed E-state index contributed by atoms with van der Waals surface area (Å²) in [5.41, 5.74) is 8.38. The second-order valence-electron chi connectivity index (χ2n) is 3.92. The van der Waals surface area contributed by atoms with Crippen LogP contribution in [0.15, 0.2) is 36.4 Å². The third-order valence-electron chi connectivity index (χ3n) is 2.69. The number of rotatable bonds is 4. The van der Waals surface area contributed by atoms with Gasteiger partial charge >= 0.3 is 0 Å². The summed E-state index contributed by atoms with van der Waals surface area (Å²) in [6.07, 6.45) is 0. The van der Waals surface area contributed by atoms with E-state index in [4.69, 9.17) is 15.2 Å². The number of methoxy groups -OCH3 is 2. The van der Waals surface area contributed by atoms with E-state index in [0.717, 1.165) is 20.7 Å². The summed E-state index contributed by atoms with van der Waals surface area (Å²) in [5.74, 6) is 1.45. The Kier molecular flexibility index (Phi) is 4.36. The highest BCUT2D eigenvalue weighted by Crippen LogP contribution is 2.33. The van der Waals surface area contributed by atoms with Crippen molar-refractivity contribution in [2.24, 2.45) is 0 Å². The maximum Gasteiger partial charge on any atom is 0.145 e. The standard InChI is InChI=1S/C14H15IN2O2/c1-18-10-4-6-13(14(8-10)19-2)17-12-5-3-9(15)7-11(12)16/h3-8,17H,16H2,1-2H3. The van der Waals surface area contributed by atoms with Crippen LogP contribution in [0.4, 0.5) is 17.1 Å². The molecule has 2 aromatic carbocycles. The molecule has 0 aliphatic carbocycles. The summed E-state index contributed by atoms with van der Waals surface area (Å²) in [6.45, 7) is 0. The summed E-state index contributed by atoms with van der Waals surface area (Å²) in [6, 6.07) is 11.4. The van der Waals surface area contributed by atoms with Gasteiger partial charge in [-0.1, -0.05) is 0 Å². The minimum Gasteiger partial charge on any atom is -0.497 e. The number of hydrogen-bond donors (Lipinski definition) is 2. The first-order chi connectivity index (χ1) is 9.13. The number of benzene rings is 2. The molecule has 0 radical (unpaired) electrons. The topological polar surface area (TPSA) is 56.5 Å². The summed E-state index contributed by atoms with van der Waals surface area (Å²) >= 11 is 2.23. The number of nitrogens with one attached hydrogen (secondary N) is 1. The van der Waals surface area contributed by atoms with Crippen LogP contribution in [-0.4, -0.2) is 14.2 Å². The fourth-order valence-electron chi connectivity index (χ4n) is 1.69. The molecule has 0 saturated heterocycles. The van der Waals surface area contributed by atoms with Gasteiger partial charge in [-0.3, -0.25) is 0 Å². The molecule has 0 amide bonds. The average molecular weight is 370 g/mol. The van der Waals surface area contributed by atoms with Crippen LogP contribution in [-0.2, 0) is 0 Å². The minimum absolute atomic E-state index is 0.699. The van der Waals surface area contributed by atoms with Crippen molar-refractivity contribution in [1.82, 2.24) is 0 Å². The molecule has 0 spiro atoms. The summed E-state index contributed by atoms with van der Waals surface area (Å²) in [4.78, 5) is 0. The Bertz CT molecular complexity index is 588. The van der Waals surface area contributed by atoms with E-state index in [-0.39, 0.29) is 0 Å². The molecule has 0 fully saturated rings. The number of nitrogens with two attached hydrogens (primary N) is 1. The molecular weight excluding hydrogens is 355 g/mol. The molecule has 0 saturated carbocycles. The van der Waals surface area contributed by atoms with Crippen LogP contribution in [0.25, 0.3) is 0 Å². The van der Waals surface area contributed by atoms with Crippen molar-refractivity contribution in [3.63, 3.8) is 0 Å². The average Bonchev–Trinajstić information content (AvgIpc) is 2.42. The van der Waals surface area contributed by atoms with Gasteiger partial charge in [-0.05, 0) is 52.9 Å². The van der Waals surface area contributed by atoms with Gasteiger partial charge in [0.2, 0.25) is 0 Å². The van der Waals surface area contributed by atoms with Crippen molar-refractivity contribution in [3.8, 4) is 11.5 Å². The van der Waals surface area contributed by atoms with Gasteiger partial charge < -0.3 is 20.5 Å². The van der Waals surface area contributed by atoms with Crippen LogP contribution < -0.4 is 20.5 Å². The molecule has 19 heavy (non-hydrogen) atoms. The second-order valence-corrected chi connectivity index (χ2v) is 5.17. The van der Waals surface area contributed by atoms with Crippen LogP contribution in [0.5, 0.6) is 11.5 Å². The van der Waals surface area contributed by atoms with Crippen LogP contribution in [0, 0.1) is 3.57 Å². The Morgan fingerprint density at radius 3 is 2.37 bits per heavy atom. The number of halogens is 1. The zero-order valence-electron chi connectivity index (χ0n) is 10.7. The largest absolute Gasteiger partial charge is 0.497 e. The van der Waals surface area contributed by atoms with Crippen LogP contribution in [0.2, 0.25) is 0 Å². The highest BCUT2D eigenvalue weighted by molar-refractivity contribution is 14.1. The zero-order valence-corrected chi connectivity index (χ0v) is 12.9. The van der Waals surface area contributed by atoms with Crippen molar-refractivity contribution < 1.29 is 9.47 Å². The molecule has 3 N–H and O–H groups in total. The molecule has 0 aromatic heterocycles. The molecule has 0 atom stereocenters. The number of nitrogen functional groups attached to an aromatic ring is 1. The highest BCUT2D eigenvalue weighted by atomic mass is 127. The molecule has 0 bridgehead atoms. The first-order valence-corrected chi connectivity index (χ1v) is 6.76. The van der Waals surface area contributed by atoms with Crippen molar-refractivity contribution >= 4 is 39.7 Å². The van der Waals surface area contributed by atoms with Gasteiger partial charge in [-0.2, -0.15) is 0 Å². The van der Waals surface area contributed by atoms with Gasteiger partial charge in [0.25, 0.3) is 0 Å². The summed E-state index contributed by atoms with van der Waals surface area (Å²) in [7, 11) is 3.25. The van der Waals surface area contributed by atoms with E-state index in [0.29, 0.717) is 11.4 Å². The van der Waals surface area contributed by atoms with Gasteiger partial charge in [0.05, 0.1) is 31.3 Å². The van der Waals surface area contributed by atoms with Crippen molar-refractivity contribution in [2.45, 2.75) is 0 Å². The highest BCUT2D eigenvalue weighted by Gasteiger charge is 2.07. The van der Waals surface area contributed by atoms with E-state index in [1.54, 1.807) is 14.2 Å². The smallest absolute Gasteiger partial charge is 0.145 e. The fraction of sp³-hybridized carbons (Fsp3) is 0.143. The zero-order chi connectivity index (χ0) is 13.8. The van der Waals surface area contributed by atoms with Crippen LogP contribution in [0.1, 0.15) is 0 Å². The molecule has 2 rings (SSSR count). The lowest BCUT2D eigenvalue weighted by Gasteiger charge is -2.14. The SMILES string of the molecule is COc1ccc(Nc2ccc(I)cc2N)c(OC)c1. The molecule has 0 aliphatic rings. The third-order valence-corrected chi connectivity index (χ3v) is 3.36. The number of ether oxygens (including phenoxy) is 2. The molecule has 0 heterocycles. The lowest BCUT2D eigenvalue weighted by molar-refractivity contribution is 0.395. The Morgan fingerprint density at radius 2 is 1.74 bits per heavy atom. The Balaban J connectivity index is 2.32. The Morgan fingerprint density at radius 1 is 1.00 bits per heavy atom. The molecule has 0 aliphatic heterocycles. The first-order valence-electron chi connectivity index (χ1n) is 5.68. The van der Waals surface area contributed by atoms with E-state index in [2.05, 4.69) is 27.9 Å². The normalized spacial score (nSPS) is 10.1. The van der Waals surface area contributed by atoms with Gasteiger partial charge in [0, 0.05) is 9.64 Å². The minimum atomic E-state index is 0.699. The first kappa shape index (κ1) is 13.8. The van der Waals surface area contributed by atoms with Gasteiger partial charge in [-0.15, -0.1) is 0 Å². The Hall–Kier alpha value is -1.63. The molecule has 0 unspecified atom stereocenters. The lowest BCUT2D eigenvalue weighted by Crippen LogP contribution is -1.99. The molecule has 2 aromatic rings. The molecular formula is C14H15IN2O2. The van der Waals surface area contributed by atoms with E-state index >= 15 is 0 Å². The van der Waals surface area contributed by atoms with Crippen molar-refractivity contribution in [2.75, 3.05) is 25.3 Å². The fourth-order valence-corrected chi connectivity index (χ4v) is 2.21. The summed E-state index contributed by atoms with van der Waals surface area (Å²) in [5, 5.41) is 3.26. The quantitative estimate of drug-likeness (QED) is 0.638. The summed E-state index contributed by atoms with van der Waals surface area (Å²) < 4.78 is 11.6. The predicted octanol–water partition coefficient (Wildman–Crippen LogP) is 3.63. The van der Waals surface area contributed by atoms with Crippen LogP contribution in [0.3, 0.4) is 0 Å². The predicted molar refractivity (Wildman–Crippen MR) is 86.4 cm³/mol. The third kappa shape index (κ3) is 3.23. The van der Waals surface area contributed by atoms with Gasteiger partial charge in [0.1, 0.15) is 11.5 Å². The molecule has 100 valence electrons. The van der Waals surface area contributed by atoms with Gasteiger partial charge in [-0.25, -0.2) is 0 Å². The maximum atomic E-state index is 5.98. The van der Waals surface area contributed by atoms with E-state index < -0.39 is 0 Å². The molecule has 4 nitrogen and oxygen atoms in total. The number of anilines is 3. The van der Waals surface area contributed by atoms with Crippen molar-refractivity contribution in [1.29, 1.82) is 0 Å². The van der Waals surface area contributed by atoms with E-state index in [9.17, 15) is 0 Å². The van der Waals surface area contributed by atoms with Crippen molar-refractivity contribution in [3.05, 3.63) is 40.0 Å². The lowest BCUT2D eigenvalue weighted by atomic mass is 10.2. The van der Waals surface area contributed by atoms with E-state index in [1.807, 2.05) is 36.4 Å². The van der Waals surface area contributed by atoms with E-state index in [1.165, 1.54) is 0 Å². The molecule has 5 heteroatoms. The maximum absolute atomic E-state index is 5.98. The van der Waals surface area contributed by atoms with Gasteiger partial charge in [0.15, 0.2) is 0 Å². The second kappa shape index (κ2) is 6.01. The van der Waals surface area contributed by atoms with Crippen LogP contribution >= 0.6 is 22.6 Å². The monoisotopic (exact) mass is 370 g/mol. The number of hydrogen-bond acceptors (Lipinski definition) is 4. The Labute approximate surface area is 126 Å².